The number of carbonyl (C=O) groups is 4. The van der Waals surface area contributed by atoms with Crippen LogP contribution in [0.1, 0.15) is 31.8 Å². The first-order valence-corrected chi connectivity index (χ1v) is 21.6. The van der Waals surface area contributed by atoms with Crippen molar-refractivity contribution >= 4 is 87.2 Å². The van der Waals surface area contributed by atoms with Gasteiger partial charge in [0.15, 0.2) is 31.2 Å². The topological polar surface area (TPSA) is 288 Å². The summed E-state index contributed by atoms with van der Waals surface area (Å²) in [5, 5.41) is 4.84. The van der Waals surface area contributed by atoms with E-state index in [1.807, 2.05) is 0 Å². The molecule has 0 aliphatic rings. The Balaban J connectivity index is 1.72. The highest BCUT2D eigenvalue weighted by Gasteiger charge is 2.24. The number of amides is 2. The minimum absolute atomic E-state index is 0.134. The number of hydrogen-bond acceptors (Lipinski definition) is 14. The second-order valence-electron chi connectivity index (χ2n) is 11.3. The molecule has 56 heavy (non-hydrogen) atoms. The van der Waals surface area contributed by atoms with Gasteiger partial charge in [0.05, 0.1) is 24.0 Å². The molecule has 0 fully saturated rings. The van der Waals surface area contributed by atoms with Crippen molar-refractivity contribution in [2.24, 2.45) is 0 Å². The van der Waals surface area contributed by atoms with Gasteiger partial charge < -0.3 is 20.1 Å². The van der Waals surface area contributed by atoms with E-state index in [9.17, 15) is 62.0 Å². The van der Waals surface area contributed by atoms with Crippen molar-refractivity contribution in [2.45, 2.75) is 19.6 Å². The highest BCUT2D eigenvalue weighted by molar-refractivity contribution is 7.92. The molecule has 0 spiro atoms. The Morgan fingerprint density at radius 1 is 0.536 bits per heavy atom. The predicted molar refractivity (Wildman–Crippen MR) is 198 cm³/mol. The molecule has 0 atom stereocenters. The van der Waals surface area contributed by atoms with Crippen LogP contribution in [0, 0.1) is 0 Å². The van der Waals surface area contributed by atoms with Gasteiger partial charge in [0.2, 0.25) is 0 Å². The van der Waals surface area contributed by atoms with Crippen LogP contribution in [-0.2, 0) is 59.0 Å². The summed E-state index contributed by atoms with van der Waals surface area (Å²) in [5.41, 5.74) is -1.62. The summed E-state index contributed by atoms with van der Waals surface area (Å²) in [6, 6.07) is 15.3. The van der Waals surface area contributed by atoms with Crippen molar-refractivity contribution in [2.75, 3.05) is 36.4 Å². The third kappa shape index (κ3) is 10.5. The largest absolute Gasteiger partial charge is 0.468 e. The van der Waals surface area contributed by atoms with Crippen LogP contribution in [0.5, 0.6) is 0 Å². The van der Waals surface area contributed by atoms with Gasteiger partial charge in [0, 0.05) is 33.6 Å². The van der Waals surface area contributed by atoms with Gasteiger partial charge in [-0.2, -0.15) is 16.8 Å². The van der Waals surface area contributed by atoms with E-state index in [2.05, 4.69) is 20.1 Å². The maximum atomic E-state index is 13.2. The molecule has 4 rings (SSSR count). The number of ether oxygens (including phenoxy) is 2. The summed E-state index contributed by atoms with van der Waals surface area (Å²) in [5.74, 6) is -5.76. The Hall–Kier alpha value is -5.78. The third-order valence-corrected chi connectivity index (χ3v) is 12.7. The average Bonchev–Trinajstić information content (AvgIpc) is 3.13. The third-order valence-electron chi connectivity index (χ3n) is 7.62. The van der Waals surface area contributed by atoms with Crippen molar-refractivity contribution in [1.82, 2.24) is 0 Å². The molecule has 0 saturated carbocycles. The van der Waals surface area contributed by atoms with Crippen molar-refractivity contribution in [3.05, 3.63) is 107 Å². The Labute approximate surface area is 320 Å². The minimum Gasteiger partial charge on any atom is -0.468 e. The molecule has 0 aliphatic heterocycles. The lowest BCUT2D eigenvalue weighted by atomic mass is 10.1. The molecule has 18 nitrogen and oxygen atoms in total. The van der Waals surface area contributed by atoms with E-state index in [1.54, 1.807) is 0 Å². The zero-order valence-electron chi connectivity index (χ0n) is 28.9. The smallest absolute Gasteiger partial charge is 0.321 e. The molecule has 0 bridgehead atoms. The summed E-state index contributed by atoms with van der Waals surface area (Å²) < 4.78 is 128. The first kappa shape index (κ1) is 43.0. The Morgan fingerprint density at radius 3 is 1.14 bits per heavy atom. The van der Waals surface area contributed by atoms with E-state index in [0.29, 0.717) is 0 Å². The number of rotatable bonds is 14. The van der Waals surface area contributed by atoms with Gasteiger partial charge in [-0.05, 0) is 72.8 Å². The molecule has 4 N–H and O–H groups in total. The van der Waals surface area contributed by atoms with Crippen LogP contribution < -0.4 is 10.6 Å². The van der Waals surface area contributed by atoms with E-state index in [0.717, 1.165) is 99.2 Å². The van der Waals surface area contributed by atoms with Gasteiger partial charge in [0.1, 0.15) is 9.79 Å². The predicted octanol–water partition coefficient (Wildman–Crippen LogP) is 2.75. The standard InChI is InChI=1S/C34H30N2O16S4/c1-51-31(37)19-53(41,42)23-13-9-21(10-14-23)33(39)35-27-5-3-7-29(55(45,46)47)25(27)17-18-26-28(6-4-8-30(26)56(48,49)50)36-34(40)22-11-15-24(16-12-22)54(43,44)20-32(38)52-2/h3-18H,19-20H2,1-2H3,(H,35,39)(H,36,40)(H,45,46,47)(H,48,49,50). The first-order valence-electron chi connectivity index (χ1n) is 15.4. The monoisotopic (exact) mass is 850 g/mol. The van der Waals surface area contributed by atoms with E-state index >= 15 is 0 Å². The normalized spacial score (nSPS) is 12.1. The molecule has 0 saturated heterocycles. The van der Waals surface area contributed by atoms with Crippen LogP contribution in [0.25, 0.3) is 12.2 Å². The average molecular weight is 851 g/mol. The number of hydrogen-bond donors (Lipinski definition) is 4. The molecular weight excluding hydrogens is 821 g/mol. The van der Waals surface area contributed by atoms with Gasteiger partial charge >= 0.3 is 11.9 Å². The second-order valence-corrected chi connectivity index (χ2v) is 18.1. The summed E-state index contributed by atoms with van der Waals surface area (Å²) in [7, 11) is -16.3. The van der Waals surface area contributed by atoms with Crippen LogP contribution in [0.2, 0.25) is 0 Å². The van der Waals surface area contributed by atoms with Crippen LogP contribution >= 0.6 is 0 Å². The van der Waals surface area contributed by atoms with Gasteiger partial charge in [-0.1, -0.05) is 24.3 Å². The molecule has 296 valence electrons. The molecule has 0 unspecified atom stereocenters. The van der Waals surface area contributed by atoms with Crippen LogP contribution in [0.4, 0.5) is 11.4 Å². The molecule has 2 amide bonds. The first-order chi connectivity index (χ1) is 26.1. The summed E-state index contributed by atoms with van der Waals surface area (Å²) in [4.78, 5) is 47.3. The fraction of sp³-hybridized carbons (Fsp3) is 0.118. The number of nitrogens with one attached hydrogen (secondary N) is 2. The lowest BCUT2D eigenvalue weighted by Gasteiger charge is -2.14. The lowest BCUT2D eigenvalue weighted by Crippen LogP contribution is -2.18. The van der Waals surface area contributed by atoms with E-state index in [1.165, 1.54) is 12.1 Å². The maximum absolute atomic E-state index is 13.2. The minimum atomic E-state index is -5.03. The van der Waals surface area contributed by atoms with E-state index in [4.69, 9.17) is 0 Å². The lowest BCUT2D eigenvalue weighted by molar-refractivity contribution is -0.138. The Bertz CT molecular complexity index is 2510. The molecule has 4 aromatic carbocycles. The van der Waals surface area contributed by atoms with Crippen molar-refractivity contribution in [3.63, 3.8) is 0 Å². The molecule has 4 aromatic rings. The van der Waals surface area contributed by atoms with Crippen molar-refractivity contribution in [3.8, 4) is 0 Å². The van der Waals surface area contributed by atoms with Crippen LogP contribution in [0.15, 0.2) is 105 Å². The summed E-state index contributed by atoms with van der Waals surface area (Å²) in [6.07, 6.45) is 1.92. The fourth-order valence-corrected chi connectivity index (χ4v) is 8.58. The zero-order valence-corrected chi connectivity index (χ0v) is 32.2. The zero-order chi connectivity index (χ0) is 41.6. The second kappa shape index (κ2) is 16.9. The number of methoxy groups -OCH3 is 2. The van der Waals surface area contributed by atoms with Crippen LogP contribution in [0.3, 0.4) is 0 Å². The van der Waals surface area contributed by atoms with Crippen molar-refractivity contribution in [1.29, 1.82) is 0 Å². The van der Waals surface area contributed by atoms with Crippen LogP contribution in [-0.4, -0.2) is 92.3 Å². The Kier molecular flexibility index (Phi) is 13.0. The molecule has 0 aliphatic carbocycles. The highest BCUT2D eigenvalue weighted by atomic mass is 32.2. The Morgan fingerprint density at radius 2 is 0.857 bits per heavy atom. The number of sulfone groups is 2. The molecule has 0 radical (unpaired) electrons. The number of carbonyl (C=O) groups excluding carboxylic acids is 4. The quantitative estimate of drug-likeness (QED) is 0.0806. The number of anilines is 2. The molecule has 0 aromatic heterocycles. The van der Waals surface area contributed by atoms with E-state index in [-0.39, 0.29) is 32.3 Å². The SMILES string of the molecule is COC(=O)CS(=O)(=O)c1ccc(C(=O)Nc2cccc(S(=O)(=O)O)c2C=Cc2c(NC(=O)c3ccc(S(=O)(=O)CC(=O)OC)cc3)cccc2S(=O)(=O)O)cc1. The fourth-order valence-electron chi connectivity index (χ4n) is 4.88. The number of esters is 2. The molecule has 22 heteroatoms. The summed E-state index contributed by atoms with van der Waals surface area (Å²) in [6.45, 7) is 0. The van der Waals surface area contributed by atoms with Gasteiger partial charge in [-0.3, -0.25) is 28.3 Å². The van der Waals surface area contributed by atoms with Gasteiger partial charge in [-0.25, -0.2) is 16.8 Å². The summed E-state index contributed by atoms with van der Waals surface area (Å²) >= 11 is 0. The maximum Gasteiger partial charge on any atom is 0.321 e. The molecule has 0 heterocycles. The highest BCUT2D eigenvalue weighted by Crippen LogP contribution is 2.31. The van der Waals surface area contributed by atoms with Crippen molar-refractivity contribution < 1.29 is 71.4 Å². The van der Waals surface area contributed by atoms with Gasteiger partial charge in [0.25, 0.3) is 32.1 Å². The van der Waals surface area contributed by atoms with Gasteiger partial charge in [-0.15, -0.1) is 0 Å². The molecular formula is C34H30N2O16S4. The number of benzene rings is 4. The van der Waals surface area contributed by atoms with E-state index < -0.39 is 96.1 Å².